The molecule has 2 aliphatic carbocycles. The van der Waals surface area contributed by atoms with E-state index >= 15 is 0 Å². The summed E-state index contributed by atoms with van der Waals surface area (Å²) < 4.78 is 1.98. The molecule has 1 atom stereocenters. The molecule has 114 valence electrons. The van der Waals surface area contributed by atoms with Crippen molar-refractivity contribution in [3.05, 3.63) is 0 Å². The second-order valence-corrected chi connectivity index (χ2v) is 7.37. The Morgan fingerprint density at radius 1 is 1.38 bits per heavy atom. The molecule has 21 heavy (non-hydrogen) atoms. The molecule has 2 aliphatic rings. The maximum absolute atomic E-state index is 9.38. The van der Waals surface area contributed by atoms with Gasteiger partial charge < -0.3 is 0 Å². The van der Waals surface area contributed by atoms with Crippen LogP contribution in [0.25, 0.3) is 0 Å². The Kier molecular flexibility index (Phi) is 4.45. The van der Waals surface area contributed by atoms with Crippen molar-refractivity contribution in [2.24, 2.45) is 0 Å². The molecule has 1 N–H and O–H groups in total. The fourth-order valence-electron chi connectivity index (χ4n) is 2.84. The summed E-state index contributed by atoms with van der Waals surface area (Å²) in [6.07, 6.45) is 8.10. The van der Waals surface area contributed by atoms with E-state index in [0.717, 1.165) is 17.3 Å². The number of hydrogen-bond acceptors (Lipinski definition) is 6. The fourth-order valence-corrected chi connectivity index (χ4v) is 3.95. The van der Waals surface area contributed by atoms with Gasteiger partial charge in [-0.3, -0.25) is 5.32 Å². The fraction of sp³-hybridized carbons (Fsp3) is 0.857. The van der Waals surface area contributed by atoms with E-state index in [1.807, 2.05) is 11.6 Å². The average Bonchev–Trinajstić information content (AvgIpc) is 2.96. The topological polar surface area (TPSA) is 79.4 Å². The van der Waals surface area contributed by atoms with Crippen molar-refractivity contribution in [3.63, 3.8) is 0 Å². The number of aromatic nitrogens is 4. The number of nitriles is 1. The molecule has 0 bridgehead atoms. The quantitative estimate of drug-likeness (QED) is 0.779. The first-order chi connectivity index (χ1) is 10.2. The lowest BCUT2D eigenvalue weighted by molar-refractivity contribution is 0.421. The number of thioether (sulfide) groups is 1. The minimum Gasteiger partial charge on any atom is -0.297 e. The third-order valence-electron chi connectivity index (χ3n) is 4.31. The second-order valence-electron chi connectivity index (χ2n) is 6.31. The summed E-state index contributed by atoms with van der Waals surface area (Å²) in [7, 11) is 0. The molecule has 0 saturated heterocycles. The molecular formula is C14H22N6S. The first-order valence-electron chi connectivity index (χ1n) is 7.80. The van der Waals surface area contributed by atoms with Crippen molar-refractivity contribution in [2.45, 2.75) is 74.6 Å². The van der Waals surface area contributed by atoms with Crippen LogP contribution < -0.4 is 5.32 Å². The van der Waals surface area contributed by atoms with Crippen molar-refractivity contribution in [3.8, 4) is 6.07 Å². The van der Waals surface area contributed by atoms with E-state index in [2.05, 4.69) is 26.9 Å². The molecule has 2 saturated carbocycles. The summed E-state index contributed by atoms with van der Waals surface area (Å²) in [5, 5.41) is 25.8. The summed E-state index contributed by atoms with van der Waals surface area (Å²) in [5.74, 6) is 0.858. The van der Waals surface area contributed by atoms with Gasteiger partial charge in [-0.2, -0.15) is 5.26 Å². The summed E-state index contributed by atoms with van der Waals surface area (Å²) in [6, 6.07) is 3.43. The van der Waals surface area contributed by atoms with Crippen LogP contribution in [0, 0.1) is 11.3 Å². The first-order valence-corrected chi connectivity index (χ1v) is 8.78. The van der Waals surface area contributed by atoms with Crippen LogP contribution in [0.15, 0.2) is 5.16 Å². The van der Waals surface area contributed by atoms with Gasteiger partial charge in [0.2, 0.25) is 5.16 Å². The number of tetrazole rings is 1. The van der Waals surface area contributed by atoms with Crippen LogP contribution >= 0.6 is 11.8 Å². The Morgan fingerprint density at radius 2 is 2.14 bits per heavy atom. The lowest BCUT2D eigenvalue weighted by Gasteiger charge is -2.22. The minimum atomic E-state index is -0.431. The molecule has 1 aromatic rings. The highest BCUT2D eigenvalue weighted by molar-refractivity contribution is 7.99. The summed E-state index contributed by atoms with van der Waals surface area (Å²) >= 11 is 1.67. The zero-order chi connectivity index (χ0) is 14.7. The van der Waals surface area contributed by atoms with E-state index in [1.54, 1.807) is 11.8 Å². The Morgan fingerprint density at radius 3 is 2.81 bits per heavy atom. The molecule has 0 spiro atoms. The van der Waals surface area contributed by atoms with Crippen LogP contribution in [0.5, 0.6) is 0 Å². The van der Waals surface area contributed by atoms with Crippen molar-refractivity contribution in [1.82, 2.24) is 25.5 Å². The predicted molar refractivity (Wildman–Crippen MR) is 80.8 cm³/mol. The third-order valence-corrected chi connectivity index (χ3v) is 5.25. The van der Waals surface area contributed by atoms with Gasteiger partial charge in [0.25, 0.3) is 0 Å². The summed E-state index contributed by atoms with van der Waals surface area (Å²) in [5.41, 5.74) is -0.431. The van der Waals surface area contributed by atoms with Crippen molar-refractivity contribution in [2.75, 3.05) is 5.75 Å². The van der Waals surface area contributed by atoms with Crippen LogP contribution in [0.2, 0.25) is 0 Å². The van der Waals surface area contributed by atoms with E-state index in [-0.39, 0.29) is 0 Å². The molecule has 6 nitrogen and oxygen atoms in total. The van der Waals surface area contributed by atoms with Crippen LogP contribution in [0.3, 0.4) is 0 Å². The van der Waals surface area contributed by atoms with Gasteiger partial charge in [0.1, 0.15) is 5.54 Å². The van der Waals surface area contributed by atoms with E-state index in [4.69, 9.17) is 0 Å². The van der Waals surface area contributed by atoms with Crippen LogP contribution in [-0.2, 0) is 0 Å². The molecular weight excluding hydrogens is 284 g/mol. The SMILES string of the molecule is CC(C#N)(CCSc1nnnn1C1CCCC1)NC1CC1. The standard InChI is InChI=1S/C14H22N6S/c1-14(10-15,16-11-6-7-11)8-9-21-13-17-18-19-20(13)12-4-2-3-5-12/h11-12,16H,2-9H2,1H3. The lowest BCUT2D eigenvalue weighted by Crippen LogP contribution is -2.42. The van der Waals surface area contributed by atoms with Crippen molar-refractivity contribution < 1.29 is 0 Å². The highest BCUT2D eigenvalue weighted by atomic mass is 32.2. The van der Waals surface area contributed by atoms with Crippen molar-refractivity contribution in [1.29, 1.82) is 5.26 Å². The Bertz CT molecular complexity index is 514. The second kappa shape index (κ2) is 6.32. The molecule has 0 amide bonds. The lowest BCUT2D eigenvalue weighted by atomic mass is 10.0. The minimum absolute atomic E-state index is 0.431. The van der Waals surface area contributed by atoms with Crippen LogP contribution in [0.4, 0.5) is 0 Å². The van der Waals surface area contributed by atoms with E-state index in [0.29, 0.717) is 12.1 Å². The van der Waals surface area contributed by atoms with Gasteiger partial charge in [-0.05, 0) is 49.5 Å². The van der Waals surface area contributed by atoms with E-state index in [1.165, 1.54) is 38.5 Å². The summed E-state index contributed by atoms with van der Waals surface area (Å²) in [4.78, 5) is 0. The number of hydrogen-bond donors (Lipinski definition) is 1. The molecule has 0 aliphatic heterocycles. The molecule has 1 aromatic heterocycles. The average molecular weight is 306 g/mol. The van der Waals surface area contributed by atoms with E-state index in [9.17, 15) is 5.26 Å². The largest absolute Gasteiger partial charge is 0.297 e. The van der Waals surface area contributed by atoms with Gasteiger partial charge in [-0.1, -0.05) is 24.6 Å². The van der Waals surface area contributed by atoms with Gasteiger partial charge in [0.15, 0.2) is 0 Å². The van der Waals surface area contributed by atoms with Gasteiger partial charge in [0, 0.05) is 11.8 Å². The smallest absolute Gasteiger partial charge is 0.209 e. The number of nitrogens with one attached hydrogen (secondary N) is 1. The van der Waals surface area contributed by atoms with Crippen LogP contribution in [0.1, 0.15) is 57.9 Å². The Labute approximate surface area is 129 Å². The van der Waals surface area contributed by atoms with Gasteiger partial charge in [-0.15, -0.1) is 5.10 Å². The Balaban J connectivity index is 1.53. The molecule has 1 unspecified atom stereocenters. The summed E-state index contributed by atoms with van der Waals surface area (Å²) in [6.45, 7) is 1.99. The molecule has 0 aromatic carbocycles. The molecule has 2 fully saturated rings. The molecule has 1 heterocycles. The van der Waals surface area contributed by atoms with E-state index < -0.39 is 5.54 Å². The third kappa shape index (κ3) is 3.74. The molecule has 0 radical (unpaired) electrons. The monoisotopic (exact) mass is 306 g/mol. The first kappa shape index (κ1) is 14.8. The highest BCUT2D eigenvalue weighted by Gasteiger charge is 2.32. The molecule has 3 rings (SSSR count). The normalized spacial score (nSPS) is 22.1. The molecule has 7 heteroatoms. The number of rotatable bonds is 7. The zero-order valence-corrected chi connectivity index (χ0v) is 13.3. The predicted octanol–water partition coefficient (Wildman–Crippen LogP) is 2.30. The zero-order valence-electron chi connectivity index (χ0n) is 12.5. The van der Waals surface area contributed by atoms with Gasteiger partial charge in [-0.25, -0.2) is 4.68 Å². The van der Waals surface area contributed by atoms with Gasteiger partial charge in [0.05, 0.1) is 12.1 Å². The Hall–Kier alpha value is -1.13. The van der Waals surface area contributed by atoms with Crippen molar-refractivity contribution >= 4 is 11.8 Å². The van der Waals surface area contributed by atoms with Gasteiger partial charge >= 0.3 is 0 Å². The van der Waals surface area contributed by atoms with Crippen LogP contribution in [-0.4, -0.2) is 37.5 Å². The highest BCUT2D eigenvalue weighted by Crippen LogP contribution is 2.32. The maximum atomic E-state index is 9.38. The number of nitrogens with zero attached hydrogens (tertiary/aromatic N) is 5. The maximum Gasteiger partial charge on any atom is 0.209 e.